The molecule has 0 saturated carbocycles. The maximum atomic E-state index is 10.4. The highest BCUT2D eigenvalue weighted by atomic mass is 33.1. The van der Waals surface area contributed by atoms with Crippen molar-refractivity contribution in [2.75, 3.05) is 44.3 Å². The number of carbonyl (C=O) groups is 16. The van der Waals surface area contributed by atoms with Crippen molar-refractivity contribution in [1.29, 1.82) is 5.41 Å². The second-order valence-corrected chi connectivity index (χ2v) is 26.9. The Morgan fingerprint density at radius 2 is 0.769 bits per heavy atom. The summed E-state index contributed by atoms with van der Waals surface area (Å²) in [7, 11) is 2.41. The van der Waals surface area contributed by atoms with Crippen LogP contribution in [0.2, 0.25) is 0 Å². The van der Waals surface area contributed by atoms with Crippen LogP contribution < -0.4 is 96.6 Å². The minimum absolute atomic E-state index is 0.0208. The molecule has 2 aromatic rings. The Balaban J connectivity index is -0.000000139. The van der Waals surface area contributed by atoms with Crippen LogP contribution in [0.25, 0.3) is 0 Å². The summed E-state index contributed by atoms with van der Waals surface area (Å²) in [6.45, 7) is 7.47. The lowest BCUT2D eigenvalue weighted by molar-refractivity contribution is -0.144. The molecule has 1 aliphatic rings. The van der Waals surface area contributed by atoms with Crippen LogP contribution in [-0.2, 0) is 89.6 Å². The molecule has 1 saturated heterocycles. The lowest BCUT2D eigenvalue weighted by Crippen LogP contribution is -2.39. The van der Waals surface area contributed by atoms with Crippen LogP contribution in [0.4, 0.5) is 0 Å². The molecular weight excluding hydrogens is 1660 g/mol. The van der Waals surface area contributed by atoms with Gasteiger partial charge in [0.05, 0.1) is 25.7 Å². The summed E-state index contributed by atoms with van der Waals surface area (Å²) in [5, 5.41) is 160. The van der Waals surface area contributed by atoms with Gasteiger partial charge in [0, 0.05) is 24.5 Å². The van der Waals surface area contributed by atoms with Gasteiger partial charge in [0.15, 0.2) is 5.96 Å². The number of unbranched alkanes of at least 4 members (excludes halogenated alkanes) is 1. The van der Waals surface area contributed by atoms with E-state index in [2.05, 4.69) is 16.4 Å². The van der Waals surface area contributed by atoms with Gasteiger partial charge in [-0.2, -0.15) is 0 Å². The van der Waals surface area contributed by atoms with Gasteiger partial charge in [0.1, 0.15) is 78.5 Å². The topological polar surface area (TPSA) is 1080 Å². The summed E-state index contributed by atoms with van der Waals surface area (Å²) >= 11 is 0. The van der Waals surface area contributed by atoms with Crippen LogP contribution in [0.15, 0.2) is 60.7 Å². The monoisotopic (exact) mass is 1790 g/mol. The molecular formula is C67H126N18O34S2. The Kier molecular flexibility index (Phi) is 89.7. The molecule has 700 valence electrons. The van der Waals surface area contributed by atoms with E-state index in [0.29, 0.717) is 45.2 Å². The number of aliphatic hydroxyl groups excluding tert-OH is 2. The van der Waals surface area contributed by atoms with E-state index in [1.54, 1.807) is 13.8 Å². The van der Waals surface area contributed by atoms with Crippen molar-refractivity contribution in [1.82, 2.24) is 10.6 Å². The van der Waals surface area contributed by atoms with E-state index >= 15 is 0 Å². The number of carboxylic acid groups (broad SMARTS) is 16. The molecule has 54 heteroatoms. The lowest BCUT2D eigenvalue weighted by atomic mass is 10.1. The number of nitrogens with one attached hydrogen (secondary N) is 3. The zero-order valence-electron chi connectivity index (χ0n) is 66.9. The molecule has 121 heavy (non-hydrogen) atoms. The molecule has 3 rings (SSSR count). The molecule has 0 aromatic heterocycles. The fourth-order valence-corrected chi connectivity index (χ4v) is 7.97. The molecule has 0 bridgehead atoms. The van der Waals surface area contributed by atoms with E-state index in [1.165, 1.54) is 35.4 Å². The molecule has 2 aromatic carbocycles. The van der Waals surface area contributed by atoms with Crippen molar-refractivity contribution in [2.24, 2.45) is 91.9 Å². The Labute approximate surface area is 702 Å². The first-order chi connectivity index (χ1) is 55.6. The maximum Gasteiger partial charge on any atom is 0.323 e. The second-order valence-electron chi connectivity index (χ2n) is 24.4. The van der Waals surface area contributed by atoms with Gasteiger partial charge in [0.25, 0.3) is 0 Å². The molecule has 0 aliphatic carbocycles. The quantitative estimate of drug-likeness (QED) is 0.0128. The maximum absolute atomic E-state index is 10.4. The second kappa shape index (κ2) is 82.9. The Morgan fingerprint density at radius 3 is 0.959 bits per heavy atom. The first-order valence-corrected chi connectivity index (χ1v) is 37.7. The third-order valence-corrected chi connectivity index (χ3v) is 15.5. The minimum atomic E-state index is -1.29. The summed E-state index contributed by atoms with van der Waals surface area (Å²) < 4.78 is 0. The third-order valence-electron chi connectivity index (χ3n) is 13.0. The molecule has 52 nitrogen and oxygen atoms in total. The molecule has 1 aliphatic heterocycles. The fourth-order valence-electron chi connectivity index (χ4n) is 5.74. The molecule has 51 N–H and O–H groups in total. The third kappa shape index (κ3) is 99.7. The Hall–Kier alpha value is -10.8. The van der Waals surface area contributed by atoms with E-state index in [4.69, 9.17) is 178 Å². The zero-order valence-corrected chi connectivity index (χ0v) is 68.6. The smallest absolute Gasteiger partial charge is 0.323 e. The van der Waals surface area contributed by atoms with Crippen LogP contribution in [0.5, 0.6) is 0 Å². The van der Waals surface area contributed by atoms with Crippen molar-refractivity contribution in [2.45, 2.75) is 189 Å². The zero-order chi connectivity index (χ0) is 97.0. The molecule has 0 spiro atoms. The van der Waals surface area contributed by atoms with Crippen LogP contribution in [0.3, 0.4) is 0 Å². The van der Waals surface area contributed by atoms with Gasteiger partial charge < -0.3 is 189 Å². The van der Waals surface area contributed by atoms with Crippen molar-refractivity contribution >= 4 is 123 Å². The van der Waals surface area contributed by atoms with Crippen LogP contribution in [0.1, 0.15) is 103 Å². The van der Waals surface area contributed by atoms with Gasteiger partial charge in [-0.25, -0.2) is 0 Å². The predicted molar refractivity (Wildman–Crippen MR) is 438 cm³/mol. The number of aliphatic hydroxyl groups is 2. The number of hydrogen-bond acceptors (Lipinski definition) is 36. The fraction of sp³-hybridized carbons (Fsp3) is 0.567. The van der Waals surface area contributed by atoms with E-state index in [-0.39, 0.29) is 48.8 Å². The van der Waals surface area contributed by atoms with Crippen molar-refractivity contribution in [3.63, 3.8) is 0 Å². The average molecular weight is 1790 g/mol. The van der Waals surface area contributed by atoms with Crippen LogP contribution in [-0.4, -0.2) is 322 Å². The Bertz CT molecular complexity index is 3120. The molecule has 0 amide bonds. The standard InChI is InChI=1S/2C9H11NO2.C6H14N4O2.C6H12N2O4S2.C6H14N2O2.C5H9NO4.C5H9NO2.C5H11NO2.C4H7NO4.C4H9NO3.C3H7NO3.C3H7NO2.C2H5NO2/c2*10-8(9(11)12)6-7-4-2-1-3-5-7;7-4(5(11)12)2-1-3-10-6(8)9;7-3(5(9)10)1-13-14-2-4(8)6(11)12;7-4-2-1-3-5(8)6(9)10;6-3(5(9)10)1-2-4(7)8;7-5(8)4-2-1-3-6-4;1-3(2)4(6)5(7)8;5-2(4(8)9)1-3(6)7;1-2(6)3(5)4(7)8;4-2(1-5)3(6)7;1-2(4)3(5)6;3-1-2(4)5/h2*1-5,8H,6,10H2,(H,11,12);4H,1-3,7H2,(H,11,12)(H4,8,9,10);3-4H,1-2,7-8H2,(H,9,10)(H,11,12);5H,1-4,7-8H2,(H,9,10);3H,1-2,6H2,(H,7,8)(H,9,10);4,6H,1-3H2,(H,7,8);3-4H,6H2,1-2H3,(H,7,8);2H,1,5H2,(H,6,7)(H,8,9);2-3,6H,5H2,1H3,(H,7,8);2,5H,1,4H2,(H,6,7);2H,4H2,1H3,(H,5,6);1,3H2,(H,4,5)/t2*8-;4-;3-,4-;5-;3-;2*4-;2-;2-,3+;2*2-;/m000000000100./s1. The van der Waals surface area contributed by atoms with Gasteiger partial charge >= 0.3 is 95.5 Å². The van der Waals surface area contributed by atoms with Crippen LogP contribution in [0, 0.1) is 11.3 Å². The first-order valence-electron chi connectivity index (χ1n) is 35.2. The number of rotatable bonds is 39. The van der Waals surface area contributed by atoms with E-state index in [9.17, 15) is 76.7 Å². The van der Waals surface area contributed by atoms with Gasteiger partial charge in [-0.15, -0.1) is 0 Å². The summed E-state index contributed by atoms with van der Waals surface area (Å²) in [5.74, 6) is -16.3. The number of aliphatic carboxylic acids is 16. The summed E-state index contributed by atoms with van der Waals surface area (Å²) in [5.41, 5.74) is 77.7. The number of carboxylic acids is 16. The predicted octanol–water partition coefficient (Wildman–Crippen LogP) is -7.71. The first kappa shape index (κ1) is 131. The highest BCUT2D eigenvalue weighted by Gasteiger charge is 2.22. The molecule has 1 fully saturated rings. The molecule has 14 atom stereocenters. The summed E-state index contributed by atoms with van der Waals surface area (Å²) in [6.07, 6.45) is 3.96. The number of benzene rings is 2. The van der Waals surface area contributed by atoms with Crippen molar-refractivity contribution in [3.05, 3.63) is 71.8 Å². The van der Waals surface area contributed by atoms with Crippen LogP contribution >= 0.6 is 21.6 Å². The van der Waals surface area contributed by atoms with Gasteiger partial charge in [-0.3, -0.25) is 82.1 Å². The number of hydrogen-bond donors (Lipinski definition) is 36. The molecule has 0 unspecified atom stereocenters. The SMILES string of the molecule is CC(C)[C@H](N)C(=O)O.C[C@@H](O)[C@H](N)C(=O)O.C[C@H](N)C(=O)O.N=C(N)NCCC[C@H](N)C(=O)O.NCC(=O)O.NCCCC[C@H](N)C(=O)O.N[C@@H](CC(=O)O)C(=O)O.N[C@@H](CCC(=O)O)C(=O)O.N[C@@H](CO)C(=O)O.N[C@@H](CSSC[C@H](N)C(=O)O)C(=O)O.N[C@@H](Cc1ccccc1)C(=O)O.N[C@@H](Cc1ccccc1)C(=O)O.O=C(O)[C@@H]1CCCN1. The van der Waals surface area contributed by atoms with Crippen molar-refractivity contribution in [3.8, 4) is 0 Å². The average Bonchev–Trinajstić information content (AvgIpc) is 1.67. The van der Waals surface area contributed by atoms with Gasteiger partial charge in [0.2, 0.25) is 0 Å². The van der Waals surface area contributed by atoms with Gasteiger partial charge in [-0.1, -0.05) is 103 Å². The van der Waals surface area contributed by atoms with Crippen molar-refractivity contribution < 1.29 is 169 Å². The lowest BCUT2D eigenvalue weighted by Gasteiger charge is -2.07. The summed E-state index contributed by atoms with van der Waals surface area (Å²) in [6, 6.07) is 7.36. The number of nitrogens with two attached hydrogens (primary N) is 15. The Morgan fingerprint density at radius 1 is 0.438 bits per heavy atom. The van der Waals surface area contributed by atoms with Gasteiger partial charge in [-0.05, 0) is 102 Å². The summed E-state index contributed by atoms with van der Waals surface area (Å²) in [4.78, 5) is 160. The molecule has 1 heterocycles. The normalized spacial score (nSPS) is 14.1. The largest absolute Gasteiger partial charge is 0.481 e. The molecule has 0 radical (unpaired) electrons. The van der Waals surface area contributed by atoms with E-state index < -0.39 is 187 Å². The van der Waals surface area contributed by atoms with E-state index in [0.717, 1.165) is 43.4 Å². The minimum Gasteiger partial charge on any atom is -0.481 e. The number of guanidine groups is 1. The highest BCUT2D eigenvalue weighted by molar-refractivity contribution is 8.76. The highest BCUT2D eigenvalue weighted by Crippen LogP contribution is 2.22. The van der Waals surface area contributed by atoms with E-state index in [1.807, 2.05) is 60.7 Å².